The second-order valence-electron chi connectivity index (χ2n) is 3.30. The summed E-state index contributed by atoms with van der Waals surface area (Å²) in [7, 11) is 0. The molecule has 0 heterocycles. The quantitative estimate of drug-likeness (QED) is 0.733. The molecule has 0 spiro atoms. The molecule has 0 aliphatic carbocycles. The van der Waals surface area contributed by atoms with Gasteiger partial charge in [0.1, 0.15) is 0 Å². The van der Waals surface area contributed by atoms with Crippen LogP contribution in [0.3, 0.4) is 0 Å². The molecule has 2 N–H and O–H groups in total. The Morgan fingerprint density at radius 3 is 2.60 bits per heavy atom. The van der Waals surface area contributed by atoms with Crippen molar-refractivity contribution in [3.63, 3.8) is 0 Å². The zero-order valence-electron chi connectivity index (χ0n) is 8.53. The van der Waals surface area contributed by atoms with Crippen LogP contribution in [0.4, 0.5) is 5.69 Å². The number of carboxylic acid groups (broad SMARTS) is 1. The van der Waals surface area contributed by atoms with Gasteiger partial charge < -0.3 is 10.4 Å². The second-order valence-corrected chi connectivity index (χ2v) is 3.30. The first-order chi connectivity index (χ1) is 7.11. The van der Waals surface area contributed by atoms with E-state index in [1.165, 1.54) is 0 Å². The largest absolute Gasteiger partial charge is 0.481 e. The first kappa shape index (κ1) is 11.1. The highest BCUT2D eigenvalue weighted by Gasteiger charge is 2.01. The van der Waals surface area contributed by atoms with Crippen molar-refractivity contribution in [2.24, 2.45) is 0 Å². The molecule has 0 aliphatic heterocycles. The topological polar surface area (TPSA) is 49.3 Å². The molecule has 78 valence electrons. The molecule has 1 rings (SSSR count). The molecule has 1 aromatic rings. The van der Waals surface area contributed by atoms with Gasteiger partial charge in [0, 0.05) is 5.69 Å². The zero-order chi connectivity index (χ0) is 11.3. The van der Waals surface area contributed by atoms with Gasteiger partial charge in [0.25, 0.3) is 0 Å². The number of nitrogens with one attached hydrogen (secondary N) is 1. The summed E-state index contributed by atoms with van der Waals surface area (Å²) in [5.74, 6) is 1.73. The average Bonchev–Trinajstić information content (AvgIpc) is 2.20. The molecule has 15 heavy (non-hydrogen) atoms. The van der Waals surface area contributed by atoms with E-state index in [0.29, 0.717) is 0 Å². The fourth-order valence-corrected chi connectivity index (χ4v) is 1.19. The lowest BCUT2D eigenvalue weighted by atomic mass is 10.1. The molecule has 0 saturated heterocycles. The monoisotopic (exact) mass is 203 g/mol. The van der Waals surface area contributed by atoms with Gasteiger partial charge in [-0.15, -0.1) is 6.42 Å². The minimum atomic E-state index is -0.826. The van der Waals surface area contributed by atoms with Crippen LogP contribution in [0.25, 0.3) is 0 Å². The number of carbonyl (C=O) groups is 1. The summed E-state index contributed by atoms with van der Waals surface area (Å²) >= 11 is 0. The van der Waals surface area contributed by atoms with Crippen LogP contribution >= 0.6 is 0 Å². The first-order valence-electron chi connectivity index (χ1n) is 4.65. The molecule has 0 radical (unpaired) electrons. The zero-order valence-corrected chi connectivity index (χ0v) is 8.53. The van der Waals surface area contributed by atoms with Gasteiger partial charge in [-0.2, -0.15) is 0 Å². The van der Waals surface area contributed by atoms with E-state index in [9.17, 15) is 4.79 Å². The third kappa shape index (κ3) is 3.74. The van der Waals surface area contributed by atoms with Crippen molar-refractivity contribution in [2.45, 2.75) is 19.4 Å². The molecule has 3 nitrogen and oxygen atoms in total. The number of terminal acetylenes is 1. The van der Waals surface area contributed by atoms with Gasteiger partial charge in [-0.1, -0.05) is 18.1 Å². The highest BCUT2D eigenvalue weighted by Crippen LogP contribution is 2.10. The highest BCUT2D eigenvalue weighted by molar-refractivity contribution is 5.70. The molecule has 3 heteroatoms. The van der Waals surface area contributed by atoms with Gasteiger partial charge in [0.15, 0.2) is 0 Å². The van der Waals surface area contributed by atoms with Gasteiger partial charge in [-0.25, -0.2) is 0 Å². The minimum absolute atomic E-state index is 0.0321. The number of benzene rings is 1. The summed E-state index contributed by atoms with van der Waals surface area (Å²) in [5, 5.41) is 11.7. The van der Waals surface area contributed by atoms with Crippen LogP contribution in [0.5, 0.6) is 0 Å². The lowest BCUT2D eigenvalue weighted by Crippen LogP contribution is -2.11. The Morgan fingerprint density at radius 1 is 1.53 bits per heavy atom. The van der Waals surface area contributed by atoms with Crippen molar-refractivity contribution in [2.75, 3.05) is 5.32 Å². The standard InChI is InChI=1S/C12H13NO2/c1-3-9(2)13-11-6-4-10(5-7-11)8-12(14)15/h1,4-7,9,13H,8H2,2H3,(H,14,15). The summed E-state index contributed by atoms with van der Waals surface area (Å²) in [6.07, 6.45) is 5.27. The third-order valence-electron chi connectivity index (χ3n) is 1.94. The molecule has 1 unspecified atom stereocenters. The number of anilines is 1. The minimum Gasteiger partial charge on any atom is -0.481 e. The van der Waals surface area contributed by atoms with Crippen LogP contribution in [0.15, 0.2) is 24.3 Å². The van der Waals surface area contributed by atoms with E-state index >= 15 is 0 Å². The smallest absolute Gasteiger partial charge is 0.307 e. The summed E-state index contributed by atoms with van der Waals surface area (Å²) in [5.41, 5.74) is 1.68. The molecule has 1 atom stereocenters. The third-order valence-corrected chi connectivity index (χ3v) is 1.94. The Morgan fingerprint density at radius 2 is 2.13 bits per heavy atom. The predicted octanol–water partition coefficient (Wildman–Crippen LogP) is 1.75. The molecular formula is C12H13NO2. The van der Waals surface area contributed by atoms with Crippen LogP contribution in [0, 0.1) is 12.3 Å². The molecule has 0 amide bonds. The number of aliphatic carboxylic acids is 1. The van der Waals surface area contributed by atoms with E-state index in [1.807, 2.05) is 19.1 Å². The maximum absolute atomic E-state index is 10.4. The number of carboxylic acids is 1. The van der Waals surface area contributed by atoms with Gasteiger partial charge in [-0.3, -0.25) is 4.79 Å². The van der Waals surface area contributed by atoms with Crippen molar-refractivity contribution in [3.05, 3.63) is 29.8 Å². The van der Waals surface area contributed by atoms with Crippen molar-refractivity contribution in [1.82, 2.24) is 0 Å². The Kier molecular flexibility index (Phi) is 3.75. The lowest BCUT2D eigenvalue weighted by Gasteiger charge is -2.09. The van der Waals surface area contributed by atoms with Crippen LogP contribution in [-0.2, 0) is 11.2 Å². The van der Waals surface area contributed by atoms with Gasteiger partial charge in [0.05, 0.1) is 12.5 Å². The lowest BCUT2D eigenvalue weighted by molar-refractivity contribution is -0.136. The van der Waals surface area contributed by atoms with Crippen LogP contribution in [0.2, 0.25) is 0 Å². The molecule has 0 fully saturated rings. The molecule has 0 bridgehead atoms. The van der Waals surface area contributed by atoms with E-state index in [0.717, 1.165) is 11.3 Å². The predicted molar refractivity (Wildman–Crippen MR) is 59.7 cm³/mol. The van der Waals surface area contributed by atoms with E-state index < -0.39 is 5.97 Å². The fourth-order valence-electron chi connectivity index (χ4n) is 1.19. The SMILES string of the molecule is C#CC(C)Nc1ccc(CC(=O)O)cc1. The van der Waals surface area contributed by atoms with Crippen LogP contribution < -0.4 is 5.32 Å². The van der Waals surface area contributed by atoms with Crippen molar-refractivity contribution in [3.8, 4) is 12.3 Å². The van der Waals surface area contributed by atoms with Crippen molar-refractivity contribution in [1.29, 1.82) is 0 Å². The highest BCUT2D eigenvalue weighted by atomic mass is 16.4. The Labute approximate surface area is 89.1 Å². The normalized spacial score (nSPS) is 11.5. The number of rotatable bonds is 4. The maximum atomic E-state index is 10.4. The van der Waals surface area contributed by atoms with Gasteiger partial charge >= 0.3 is 5.97 Å². The van der Waals surface area contributed by atoms with E-state index in [-0.39, 0.29) is 12.5 Å². The summed E-state index contributed by atoms with van der Waals surface area (Å²) in [4.78, 5) is 10.4. The number of hydrogen-bond donors (Lipinski definition) is 2. The maximum Gasteiger partial charge on any atom is 0.307 e. The average molecular weight is 203 g/mol. The van der Waals surface area contributed by atoms with Crippen molar-refractivity contribution < 1.29 is 9.90 Å². The Balaban J connectivity index is 2.65. The molecule has 0 saturated carbocycles. The van der Waals surface area contributed by atoms with Gasteiger partial charge in [-0.05, 0) is 24.6 Å². The van der Waals surface area contributed by atoms with Gasteiger partial charge in [0.2, 0.25) is 0 Å². The number of hydrogen-bond acceptors (Lipinski definition) is 2. The van der Waals surface area contributed by atoms with E-state index in [2.05, 4.69) is 11.2 Å². The summed E-state index contributed by atoms with van der Waals surface area (Å²) < 4.78 is 0. The molecule has 0 aromatic heterocycles. The van der Waals surface area contributed by atoms with Crippen LogP contribution in [-0.4, -0.2) is 17.1 Å². The van der Waals surface area contributed by atoms with Crippen molar-refractivity contribution >= 4 is 11.7 Å². The van der Waals surface area contributed by atoms with Crippen LogP contribution in [0.1, 0.15) is 12.5 Å². The Hall–Kier alpha value is -1.95. The second kappa shape index (κ2) is 5.06. The first-order valence-corrected chi connectivity index (χ1v) is 4.65. The van der Waals surface area contributed by atoms with E-state index in [4.69, 9.17) is 11.5 Å². The summed E-state index contributed by atoms with van der Waals surface area (Å²) in [6, 6.07) is 7.17. The molecule has 0 aliphatic rings. The molecule has 1 aromatic carbocycles. The Bertz CT molecular complexity index is 376. The summed E-state index contributed by atoms with van der Waals surface area (Å²) in [6.45, 7) is 1.88. The fraction of sp³-hybridized carbons (Fsp3) is 0.250. The van der Waals surface area contributed by atoms with E-state index in [1.54, 1.807) is 12.1 Å². The molecular weight excluding hydrogens is 190 g/mol.